The number of nitrogens with zero attached hydrogens (tertiary/aromatic N) is 1. The van der Waals surface area contributed by atoms with Crippen molar-refractivity contribution >= 4 is 11.8 Å². The van der Waals surface area contributed by atoms with Crippen molar-refractivity contribution in [3.05, 3.63) is 12.0 Å². The van der Waals surface area contributed by atoms with E-state index >= 15 is 0 Å². The van der Waals surface area contributed by atoms with Gasteiger partial charge in [0.1, 0.15) is 6.26 Å². The third kappa shape index (κ3) is 3.72. The van der Waals surface area contributed by atoms with Gasteiger partial charge >= 0.3 is 0 Å². The number of oxazole rings is 1. The summed E-state index contributed by atoms with van der Waals surface area (Å²) in [7, 11) is 1.98. The summed E-state index contributed by atoms with van der Waals surface area (Å²) in [4.78, 5) is 4.26. The van der Waals surface area contributed by atoms with Crippen LogP contribution in [0.1, 0.15) is 26.0 Å². The first-order chi connectivity index (χ1) is 6.61. The van der Waals surface area contributed by atoms with Crippen LogP contribution in [0.15, 0.2) is 15.9 Å². The third-order valence-electron chi connectivity index (χ3n) is 2.08. The first-order valence-electron chi connectivity index (χ1n) is 4.88. The zero-order valence-corrected chi connectivity index (χ0v) is 10.0. The Bertz CT molecular complexity index is 275. The smallest absolute Gasteiger partial charge is 0.256 e. The van der Waals surface area contributed by atoms with E-state index < -0.39 is 0 Å². The summed E-state index contributed by atoms with van der Waals surface area (Å²) in [5.41, 5.74) is 0.946. The number of hydrogen-bond acceptors (Lipinski definition) is 4. The van der Waals surface area contributed by atoms with Gasteiger partial charge < -0.3 is 9.73 Å². The van der Waals surface area contributed by atoms with Crippen molar-refractivity contribution in [1.29, 1.82) is 0 Å². The summed E-state index contributed by atoms with van der Waals surface area (Å²) >= 11 is 1.69. The lowest BCUT2D eigenvalue weighted by Crippen LogP contribution is -2.24. The molecule has 0 aliphatic rings. The second kappa shape index (κ2) is 5.41. The van der Waals surface area contributed by atoms with Crippen LogP contribution in [-0.4, -0.2) is 23.3 Å². The molecule has 1 heterocycles. The molecule has 4 heteroatoms. The van der Waals surface area contributed by atoms with Crippen LogP contribution in [0.2, 0.25) is 0 Å². The number of aryl methyl sites for hydroxylation is 1. The molecule has 0 saturated carbocycles. The predicted molar refractivity (Wildman–Crippen MR) is 59.7 cm³/mol. The van der Waals surface area contributed by atoms with Crippen LogP contribution < -0.4 is 5.32 Å². The van der Waals surface area contributed by atoms with E-state index in [2.05, 4.69) is 24.1 Å². The Balaban J connectivity index is 2.37. The Morgan fingerprint density at radius 3 is 2.79 bits per heavy atom. The van der Waals surface area contributed by atoms with E-state index in [1.807, 2.05) is 14.0 Å². The number of rotatable bonds is 5. The van der Waals surface area contributed by atoms with Crippen LogP contribution >= 0.6 is 11.8 Å². The molecule has 0 saturated heterocycles. The first kappa shape index (κ1) is 11.6. The summed E-state index contributed by atoms with van der Waals surface area (Å²) in [6.45, 7) is 6.31. The predicted octanol–water partition coefficient (Wildman–Crippen LogP) is 2.46. The molecule has 0 fully saturated rings. The quantitative estimate of drug-likeness (QED) is 0.764. The fourth-order valence-corrected chi connectivity index (χ4v) is 2.25. The highest BCUT2D eigenvalue weighted by Gasteiger charge is 2.11. The van der Waals surface area contributed by atoms with Gasteiger partial charge in [0.05, 0.1) is 5.69 Å². The van der Waals surface area contributed by atoms with Gasteiger partial charge in [-0.05, 0) is 27.3 Å². The number of hydrogen-bond donors (Lipinski definition) is 1. The molecular formula is C10H18N2OS. The van der Waals surface area contributed by atoms with Gasteiger partial charge in [0, 0.05) is 11.3 Å². The van der Waals surface area contributed by atoms with Crippen LogP contribution in [0, 0.1) is 6.92 Å². The molecule has 1 aromatic rings. The zero-order chi connectivity index (χ0) is 10.6. The van der Waals surface area contributed by atoms with Crippen LogP contribution in [0.5, 0.6) is 0 Å². The van der Waals surface area contributed by atoms with Gasteiger partial charge in [-0.1, -0.05) is 18.7 Å². The summed E-state index contributed by atoms with van der Waals surface area (Å²) in [5, 5.41) is 4.52. The van der Waals surface area contributed by atoms with E-state index in [1.165, 1.54) is 0 Å². The Morgan fingerprint density at radius 1 is 1.57 bits per heavy atom. The minimum absolute atomic E-state index is 0.524. The van der Waals surface area contributed by atoms with Gasteiger partial charge in [0.2, 0.25) is 0 Å². The molecule has 0 aliphatic carbocycles. The molecular weight excluding hydrogens is 196 g/mol. The summed E-state index contributed by atoms with van der Waals surface area (Å²) in [5.74, 6) is 0. The molecule has 0 radical (unpaired) electrons. The normalized spacial score (nSPS) is 15.4. The molecule has 3 nitrogen and oxygen atoms in total. The molecule has 1 N–H and O–H groups in total. The largest absolute Gasteiger partial charge is 0.440 e. The molecule has 80 valence electrons. The van der Waals surface area contributed by atoms with Gasteiger partial charge in [-0.3, -0.25) is 0 Å². The molecule has 0 aliphatic heterocycles. The Hall–Kier alpha value is -0.480. The minimum atomic E-state index is 0.524. The van der Waals surface area contributed by atoms with Gasteiger partial charge in [-0.25, -0.2) is 4.98 Å². The van der Waals surface area contributed by atoms with Crippen LogP contribution in [0.4, 0.5) is 0 Å². The molecule has 0 spiro atoms. The molecule has 0 bridgehead atoms. The number of aromatic nitrogens is 1. The molecule has 2 atom stereocenters. The lowest BCUT2D eigenvalue weighted by Gasteiger charge is -2.14. The van der Waals surface area contributed by atoms with E-state index in [9.17, 15) is 0 Å². The van der Waals surface area contributed by atoms with Crippen molar-refractivity contribution in [2.45, 2.75) is 43.7 Å². The van der Waals surface area contributed by atoms with E-state index in [4.69, 9.17) is 4.42 Å². The van der Waals surface area contributed by atoms with E-state index in [-0.39, 0.29) is 0 Å². The summed E-state index contributed by atoms with van der Waals surface area (Å²) in [6.07, 6.45) is 2.80. The van der Waals surface area contributed by atoms with Gasteiger partial charge in [0.25, 0.3) is 5.22 Å². The average molecular weight is 214 g/mol. The fraction of sp³-hybridized carbons (Fsp3) is 0.700. The Morgan fingerprint density at radius 2 is 2.29 bits per heavy atom. The Labute approximate surface area is 89.7 Å². The van der Waals surface area contributed by atoms with E-state index in [0.717, 1.165) is 17.3 Å². The zero-order valence-electron chi connectivity index (χ0n) is 9.20. The molecule has 14 heavy (non-hydrogen) atoms. The maximum absolute atomic E-state index is 5.28. The van der Waals surface area contributed by atoms with Gasteiger partial charge in [-0.2, -0.15) is 0 Å². The SMILES string of the molecule is CNC(C)CC(C)Sc1nc(C)co1. The van der Waals surface area contributed by atoms with E-state index in [1.54, 1.807) is 18.0 Å². The summed E-state index contributed by atoms with van der Waals surface area (Å²) in [6, 6.07) is 0.536. The van der Waals surface area contributed by atoms with Crippen molar-refractivity contribution in [3.8, 4) is 0 Å². The molecule has 1 rings (SSSR count). The van der Waals surface area contributed by atoms with E-state index in [0.29, 0.717) is 11.3 Å². The van der Waals surface area contributed by atoms with Crippen molar-refractivity contribution in [2.24, 2.45) is 0 Å². The highest BCUT2D eigenvalue weighted by atomic mass is 32.2. The number of nitrogens with one attached hydrogen (secondary N) is 1. The van der Waals surface area contributed by atoms with Crippen molar-refractivity contribution in [3.63, 3.8) is 0 Å². The minimum Gasteiger partial charge on any atom is -0.440 e. The fourth-order valence-electron chi connectivity index (χ4n) is 1.22. The molecule has 1 aromatic heterocycles. The monoisotopic (exact) mass is 214 g/mol. The van der Waals surface area contributed by atoms with Crippen molar-refractivity contribution in [1.82, 2.24) is 10.3 Å². The van der Waals surface area contributed by atoms with Gasteiger partial charge in [0.15, 0.2) is 0 Å². The first-order valence-corrected chi connectivity index (χ1v) is 5.76. The highest BCUT2D eigenvalue weighted by molar-refractivity contribution is 7.99. The standard InChI is InChI=1S/C10H18N2OS/c1-7(11-4)5-9(3)14-10-12-8(2)6-13-10/h6-7,9,11H,5H2,1-4H3. The lowest BCUT2D eigenvalue weighted by atomic mass is 10.2. The van der Waals surface area contributed by atoms with Crippen LogP contribution in [-0.2, 0) is 0 Å². The topological polar surface area (TPSA) is 38.1 Å². The van der Waals surface area contributed by atoms with Crippen LogP contribution in [0.3, 0.4) is 0 Å². The average Bonchev–Trinajstić information content (AvgIpc) is 2.50. The van der Waals surface area contributed by atoms with Gasteiger partial charge in [-0.15, -0.1) is 0 Å². The van der Waals surface area contributed by atoms with Crippen LogP contribution in [0.25, 0.3) is 0 Å². The second-order valence-corrected chi connectivity index (χ2v) is 5.00. The molecule has 2 unspecified atom stereocenters. The Kier molecular flexibility index (Phi) is 4.48. The maximum Gasteiger partial charge on any atom is 0.256 e. The highest BCUT2D eigenvalue weighted by Crippen LogP contribution is 2.24. The maximum atomic E-state index is 5.28. The van der Waals surface area contributed by atoms with Crippen molar-refractivity contribution in [2.75, 3.05) is 7.05 Å². The number of thioether (sulfide) groups is 1. The summed E-state index contributed by atoms with van der Waals surface area (Å²) < 4.78 is 5.28. The lowest BCUT2D eigenvalue weighted by molar-refractivity contribution is 0.451. The molecule has 0 amide bonds. The second-order valence-electron chi connectivity index (χ2n) is 3.61. The van der Waals surface area contributed by atoms with Crippen molar-refractivity contribution < 1.29 is 4.42 Å². The third-order valence-corrected chi connectivity index (χ3v) is 3.06. The molecule has 0 aromatic carbocycles.